The molecule has 1 aromatic carbocycles. The van der Waals surface area contributed by atoms with E-state index in [-0.39, 0.29) is 23.8 Å². The van der Waals surface area contributed by atoms with Gasteiger partial charge < -0.3 is 14.8 Å². The molecule has 0 aromatic heterocycles. The van der Waals surface area contributed by atoms with Gasteiger partial charge in [0.2, 0.25) is 11.8 Å². The Hall–Kier alpha value is -2.26. The van der Waals surface area contributed by atoms with Crippen LogP contribution in [0.1, 0.15) is 56.6 Å². The minimum Gasteiger partial charge on any atom is -0.493 e. The highest BCUT2D eigenvalue weighted by atomic mass is 32.2. The first-order valence-corrected chi connectivity index (χ1v) is 13.6. The maximum atomic E-state index is 14.1. The summed E-state index contributed by atoms with van der Waals surface area (Å²) in [5.41, 5.74) is 0.382. The third-order valence-electron chi connectivity index (χ3n) is 8.11. The van der Waals surface area contributed by atoms with Crippen molar-refractivity contribution >= 4 is 35.2 Å². The number of hydrogen-bond donors (Lipinski definition) is 2. The van der Waals surface area contributed by atoms with E-state index in [4.69, 9.17) is 9.47 Å². The molecule has 184 valence electrons. The normalized spacial score (nSPS) is 31.0. The zero-order chi connectivity index (χ0) is 24.0. The van der Waals surface area contributed by atoms with Gasteiger partial charge in [0, 0.05) is 23.8 Å². The van der Waals surface area contributed by atoms with Crippen molar-refractivity contribution in [1.82, 2.24) is 10.2 Å². The molecule has 0 bridgehead atoms. The van der Waals surface area contributed by atoms with E-state index in [1.807, 2.05) is 12.3 Å². The van der Waals surface area contributed by atoms with Gasteiger partial charge in [-0.25, -0.2) is 0 Å². The molecule has 2 N–H and O–H groups in total. The number of rotatable bonds is 6. The maximum Gasteiger partial charge on any atom is 0.250 e. The van der Waals surface area contributed by atoms with Gasteiger partial charge in [-0.2, -0.15) is 11.8 Å². The molecule has 4 atom stereocenters. The van der Waals surface area contributed by atoms with Gasteiger partial charge >= 0.3 is 0 Å². The Kier molecular flexibility index (Phi) is 6.27. The van der Waals surface area contributed by atoms with Gasteiger partial charge in [0.05, 0.1) is 26.1 Å². The van der Waals surface area contributed by atoms with Crippen molar-refractivity contribution in [2.45, 2.75) is 62.6 Å². The first kappa shape index (κ1) is 23.5. The van der Waals surface area contributed by atoms with Crippen LogP contribution < -0.4 is 20.1 Å². The molecule has 0 radical (unpaired) electrons. The SMILES string of the molecule is COc1cc2c(cc1OC)[C@@H]1N[C@]3(CCSC)C(=O)N(C4CCCCCC4)C(=O)[C@@H]3[C@@H]1C(=O)N2. The number of hydrogen-bond acceptors (Lipinski definition) is 7. The number of carbonyl (C=O) groups excluding carboxylic acids is 3. The number of benzene rings is 1. The van der Waals surface area contributed by atoms with Gasteiger partial charge in [-0.05, 0) is 42.9 Å². The number of likely N-dealkylation sites (tertiary alicyclic amines) is 1. The average Bonchev–Trinajstić information content (AvgIpc) is 3.12. The van der Waals surface area contributed by atoms with E-state index in [0.29, 0.717) is 23.6 Å². The van der Waals surface area contributed by atoms with Crippen LogP contribution in [0.25, 0.3) is 0 Å². The number of anilines is 1. The van der Waals surface area contributed by atoms with Crippen LogP contribution >= 0.6 is 11.8 Å². The molecule has 1 aromatic rings. The Morgan fingerprint density at radius 2 is 1.74 bits per heavy atom. The fraction of sp³-hybridized carbons (Fsp3) is 0.640. The average molecular weight is 488 g/mol. The van der Waals surface area contributed by atoms with Crippen molar-refractivity contribution in [2.24, 2.45) is 11.8 Å². The lowest BCUT2D eigenvalue weighted by Gasteiger charge is -2.33. The molecule has 0 unspecified atom stereocenters. The number of ether oxygens (including phenoxy) is 2. The van der Waals surface area contributed by atoms with E-state index in [1.54, 1.807) is 32.0 Å². The Morgan fingerprint density at radius 3 is 2.38 bits per heavy atom. The maximum absolute atomic E-state index is 14.1. The number of imide groups is 1. The smallest absolute Gasteiger partial charge is 0.250 e. The van der Waals surface area contributed by atoms with E-state index < -0.39 is 23.4 Å². The summed E-state index contributed by atoms with van der Waals surface area (Å²) in [5.74, 6) is -0.128. The van der Waals surface area contributed by atoms with Crippen LogP contribution in [-0.4, -0.2) is 60.4 Å². The second-order valence-corrected chi connectivity index (χ2v) is 10.8. The minimum absolute atomic E-state index is 0.0669. The number of fused-ring (bicyclic) bond motifs is 5. The Labute approximate surface area is 204 Å². The van der Waals surface area contributed by atoms with Crippen molar-refractivity contribution in [1.29, 1.82) is 0 Å². The number of amides is 3. The van der Waals surface area contributed by atoms with Crippen molar-refractivity contribution in [2.75, 3.05) is 31.5 Å². The molecule has 3 fully saturated rings. The molecule has 34 heavy (non-hydrogen) atoms. The minimum atomic E-state index is -1.06. The van der Waals surface area contributed by atoms with Crippen LogP contribution in [0.3, 0.4) is 0 Å². The van der Waals surface area contributed by atoms with Gasteiger partial charge in [-0.3, -0.25) is 24.6 Å². The molecule has 1 saturated carbocycles. The molecule has 3 heterocycles. The largest absolute Gasteiger partial charge is 0.493 e. The van der Waals surface area contributed by atoms with E-state index in [0.717, 1.165) is 49.8 Å². The fourth-order valence-electron chi connectivity index (χ4n) is 6.49. The number of thioether (sulfide) groups is 1. The first-order valence-electron chi connectivity index (χ1n) is 12.2. The zero-order valence-corrected chi connectivity index (χ0v) is 20.8. The van der Waals surface area contributed by atoms with Crippen molar-refractivity contribution < 1.29 is 23.9 Å². The number of carbonyl (C=O) groups is 3. The molecule has 3 amide bonds. The third kappa shape index (κ3) is 3.42. The van der Waals surface area contributed by atoms with Crippen molar-refractivity contribution in [3.8, 4) is 11.5 Å². The summed E-state index contributed by atoms with van der Waals surface area (Å²) in [6, 6.07) is 3.08. The van der Waals surface area contributed by atoms with Crippen LogP contribution in [0.15, 0.2) is 12.1 Å². The molecule has 8 nitrogen and oxygen atoms in total. The molecule has 2 saturated heterocycles. The van der Waals surface area contributed by atoms with Crippen LogP contribution in [-0.2, 0) is 14.4 Å². The number of methoxy groups -OCH3 is 2. The predicted molar refractivity (Wildman–Crippen MR) is 130 cm³/mol. The Bertz CT molecular complexity index is 1010. The summed E-state index contributed by atoms with van der Waals surface area (Å²) in [7, 11) is 3.12. The lowest BCUT2D eigenvalue weighted by molar-refractivity contribution is -0.145. The Morgan fingerprint density at radius 1 is 1.06 bits per heavy atom. The lowest BCUT2D eigenvalue weighted by Crippen LogP contribution is -2.53. The predicted octanol–water partition coefficient (Wildman–Crippen LogP) is 3.12. The first-order chi connectivity index (χ1) is 16.5. The second kappa shape index (κ2) is 9.07. The van der Waals surface area contributed by atoms with Gasteiger partial charge in [0.1, 0.15) is 5.54 Å². The molecule has 3 aliphatic heterocycles. The highest BCUT2D eigenvalue weighted by molar-refractivity contribution is 7.98. The molecule has 5 rings (SSSR count). The topological polar surface area (TPSA) is 97.0 Å². The highest BCUT2D eigenvalue weighted by Gasteiger charge is 2.70. The number of nitrogens with one attached hydrogen (secondary N) is 2. The monoisotopic (exact) mass is 487 g/mol. The number of nitrogens with zero attached hydrogens (tertiary/aromatic N) is 1. The zero-order valence-electron chi connectivity index (χ0n) is 20.0. The summed E-state index contributed by atoms with van der Waals surface area (Å²) in [5, 5.41) is 6.54. The van der Waals surface area contributed by atoms with Crippen LogP contribution in [0.2, 0.25) is 0 Å². The molecule has 1 aliphatic carbocycles. The Balaban J connectivity index is 1.57. The van der Waals surface area contributed by atoms with Gasteiger partial charge in [0.25, 0.3) is 5.91 Å². The highest BCUT2D eigenvalue weighted by Crippen LogP contribution is 2.55. The molecule has 9 heteroatoms. The summed E-state index contributed by atoms with van der Waals surface area (Å²) in [4.78, 5) is 43.0. The van der Waals surface area contributed by atoms with E-state index in [1.165, 1.54) is 4.90 Å². The van der Waals surface area contributed by atoms with Crippen molar-refractivity contribution in [3.05, 3.63) is 17.7 Å². The fourth-order valence-corrected chi connectivity index (χ4v) is 7.02. The van der Waals surface area contributed by atoms with E-state index in [9.17, 15) is 14.4 Å². The molecule has 0 spiro atoms. The van der Waals surface area contributed by atoms with Gasteiger partial charge in [-0.15, -0.1) is 0 Å². The van der Waals surface area contributed by atoms with Crippen LogP contribution in [0.4, 0.5) is 5.69 Å². The summed E-state index contributed by atoms with van der Waals surface area (Å²) in [6.07, 6.45) is 8.54. The van der Waals surface area contributed by atoms with E-state index >= 15 is 0 Å². The standard InChI is InChI=1S/C25H33N3O5S/c1-32-17-12-15-16(13-18(17)33-2)26-22(29)19-20-23(30)28(14-8-6-4-5-7-9-14)24(31)25(20,10-11-34-3)27-21(15)19/h12-14,19-21,27H,4-11H2,1-3H3,(H,26,29)/t19-,20-,21-,25-/m0/s1. The lowest BCUT2D eigenvalue weighted by atomic mass is 9.76. The quantitative estimate of drug-likeness (QED) is 0.470. The summed E-state index contributed by atoms with van der Waals surface area (Å²) < 4.78 is 10.9. The molecular weight excluding hydrogens is 454 g/mol. The summed E-state index contributed by atoms with van der Waals surface area (Å²) >= 11 is 1.65. The molecule has 4 aliphatic rings. The van der Waals surface area contributed by atoms with Gasteiger partial charge in [0.15, 0.2) is 11.5 Å². The third-order valence-corrected chi connectivity index (χ3v) is 8.72. The van der Waals surface area contributed by atoms with Gasteiger partial charge in [-0.1, -0.05) is 25.7 Å². The van der Waals surface area contributed by atoms with Crippen molar-refractivity contribution in [3.63, 3.8) is 0 Å². The summed E-state index contributed by atoms with van der Waals surface area (Å²) in [6.45, 7) is 0. The van der Waals surface area contributed by atoms with E-state index in [2.05, 4.69) is 10.6 Å². The second-order valence-electron chi connectivity index (χ2n) is 9.78. The van der Waals surface area contributed by atoms with Crippen LogP contribution in [0.5, 0.6) is 11.5 Å². The molecular formula is C25H33N3O5S. The van der Waals surface area contributed by atoms with Crippen LogP contribution in [0, 0.1) is 11.8 Å².